The number of pyridine rings is 1. The summed E-state index contributed by atoms with van der Waals surface area (Å²) < 4.78 is 0. The van der Waals surface area contributed by atoms with Crippen LogP contribution in [0.4, 0.5) is 11.4 Å². The zero-order valence-electron chi connectivity index (χ0n) is 11.8. The second-order valence-corrected chi connectivity index (χ2v) is 4.57. The summed E-state index contributed by atoms with van der Waals surface area (Å²) >= 11 is 0. The molecule has 0 bridgehead atoms. The van der Waals surface area contributed by atoms with Crippen LogP contribution in [0, 0.1) is 17.0 Å². The Labute approximate surface area is 121 Å². The Morgan fingerprint density at radius 1 is 1.38 bits per heavy atom. The molecule has 7 heteroatoms. The van der Waals surface area contributed by atoms with Crippen LogP contribution in [0.2, 0.25) is 0 Å². The molecule has 0 atom stereocenters. The lowest BCUT2D eigenvalue weighted by Crippen LogP contribution is -2.29. The van der Waals surface area contributed by atoms with E-state index >= 15 is 0 Å². The van der Waals surface area contributed by atoms with Crippen LogP contribution in [-0.2, 0) is 4.79 Å². The van der Waals surface area contributed by atoms with Crippen molar-refractivity contribution in [2.24, 2.45) is 0 Å². The number of hydrogen-bond donors (Lipinski definition) is 2. The molecule has 1 aromatic heterocycles. The van der Waals surface area contributed by atoms with Gasteiger partial charge >= 0.3 is 0 Å². The number of nitrogens with one attached hydrogen (secondary N) is 2. The van der Waals surface area contributed by atoms with E-state index in [0.29, 0.717) is 23.0 Å². The summed E-state index contributed by atoms with van der Waals surface area (Å²) in [4.78, 5) is 26.2. The van der Waals surface area contributed by atoms with Crippen molar-refractivity contribution in [2.45, 2.75) is 13.8 Å². The number of aryl methyl sites for hydroxylation is 1. The van der Waals surface area contributed by atoms with Crippen LogP contribution >= 0.6 is 0 Å². The third kappa shape index (κ3) is 3.25. The standard InChI is InChI=1S/C14H16N4O3/c1-3-15-14(19)8-17-12-4-5-13(18(20)21)11-7-16-9(2)6-10(11)12/h4-7,17H,3,8H2,1-2H3,(H,15,19). The number of anilines is 1. The molecule has 0 saturated carbocycles. The second-order valence-electron chi connectivity index (χ2n) is 4.57. The van der Waals surface area contributed by atoms with E-state index < -0.39 is 4.92 Å². The van der Waals surface area contributed by atoms with Crippen molar-refractivity contribution in [3.63, 3.8) is 0 Å². The van der Waals surface area contributed by atoms with Crippen molar-refractivity contribution < 1.29 is 9.72 Å². The lowest BCUT2D eigenvalue weighted by molar-refractivity contribution is -0.383. The Bertz CT molecular complexity index is 700. The van der Waals surface area contributed by atoms with Crippen LogP contribution in [0.15, 0.2) is 24.4 Å². The molecule has 2 N–H and O–H groups in total. The number of aromatic nitrogens is 1. The summed E-state index contributed by atoms with van der Waals surface area (Å²) in [5, 5.41) is 17.9. The minimum absolute atomic E-state index is 0.000981. The number of benzene rings is 1. The van der Waals surface area contributed by atoms with Gasteiger partial charge in [0.1, 0.15) is 0 Å². The fraction of sp³-hybridized carbons (Fsp3) is 0.286. The SMILES string of the molecule is CCNC(=O)CNc1ccc([N+](=O)[O-])c2cnc(C)cc12. The molecule has 0 fully saturated rings. The van der Waals surface area contributed by atoms with Crippen LogP contribution in [0.3, 0.4) is 0 Å². The van der Waals surface area contributed by atoms with Gasteiger partial charge in [-0.05, 0) is 26.0 Å². The number of rotatable bonds is 5. The Balaban J connectivity index is 2.40. The first-order valence-electron chi connectivity index (χ1n) is 6.57. The molecule has 0 unspecified atom stereocenters. The van der Waals surface area contributed by atoms with E-state index in [1.807, 2.05) is 13.8 Å². The first-order chi connectivity index (χ1) is 10.0. The number of nitro groups is 1. The molecule has 1 amide bonds. The molecule has 7 nitrogen and oxygen atoms in total. The quantitative estimate of drug-likeness (QED) is 0.648. The fourth-order valence-electron chi connectivity index (χ4n) is 2.08. The molecule has 0 aliphatic rings. The molecule has 21 heavy (non-hydrogen) atoms. The van der Waals surface area contributed by atoms with Gasteiger partial charge in [-0.3, -0.25) is 19.9 Å². The molecular weight excluding hydrogens is 272 g/mol. The Morgan fingerprint density at radius 3 is 2.81 bits per heavy atom. The summed E-state index contributed by atoms with van der Waals surface area (Å²) in [6.07, 6.45) is 1.49. The maximum atomic E-state index is 11.5. The lowest BCUT2D eigenvalue weighted by Gasteiger charge is -2.10. The van der Waals surface area contributed by atoms with Gasteiger partial charge in [-0.15, -0.1) is 0 Å². The number of amides is 1. The monoisotopic (exact) mass is 288 g/mol. The van der Waals surface area contributed by atoms with Crippen molar-refractivity contribution in [3.8, 4) is 0 Å². The zero-order chi connectivity index (χ0) is 15.4. The normalized spacial score (nSPS) is 10.4. The largest absolute Gasteiger partial charge is 0.376 e. The number of likely N-dealkylation sites (N-methyl/N-ethyl adjacent to an activating group) is 1. The van der Waals surface area contributed by atoms with Crippen LogP contribution in [0.1, 0.15) is 12.6 Å². The van der Waals surface area contributed by atoms with Gasteiger partial charge in [0, 0.05) is 35.6 Å². The zero-order valence-corrected chi connectivity index (χ0v) is 11.8. The van der Waals surface area contributed by atoms with Crippen molar-refractivity contribution in [1.82, 2.24) is 10.3 Å². The number of carbonyl (C=O) groups is 1. The van der Waals surface area contributed by atoms with Gasteiger partial charge in [-0.25, -0.2) is 0 Å². The highest BCUT2D eigenvalue weighted by molar-refractivity contribution is 6.00. The maximum absolute atomic E-state index is 11.5. The number of hydrogen-bond acceptors (Lipinski definition) is 5. The molecule has 0 spiro atoms. The van der Waals surface area contributed by atoms with Crippen molar-refractivity contribution in [3.05, 3.63) is 40.2 Å². The molecule has 2 aromatic rings. The van der Waals surface area contributed by atoms with Crippen LogP contribution in [0.25, 0.3) is 10.8 Å². The van der Waals surface area contributed by atoms with E-state index in [1.54, 1.807) is 12.1 Å². The number of carbonyl (C=O) groups excluding carboxylic acids is 1. The average Bonchev–Trinajstić information content (AvgIpc) is 2.44. The van der Waals surface area contributed by atoms with Crippen LogP contribution in [-0.4, -0.2) is 28.9 Å². The molecule has 110 valence electrons. The van der Waals surface area contributed by atoms with E-state index in [2.05, 4.69) is 15.6 Å². The van der Waals surface area contributed by atoms with Crippen molar-refractivity contribution in [2.75, 3.05) is 18.4 Å². The molecule has 0 saturated heterocycles. The van der Waals surface area contributed by atoms with Gasteiger partial charge < -0.3 is 10.6 Å². The Kier molecular flexibility index (Phi) is 4.32. The van der Waals surface area contributed by atoms with Gasteiger partial charge in [0.15, 0.2) is 0 Å². The smallest absolute Gasteiger partial charge is 0.278 e. The molecular formula is C14H16N4O3. The minimum Gasteiger partial charge on any atom is -0.376 e. The van der Waals surface area contributed by atoms with Crippen LogP contribution in [0.5, 0.6) is 0 Å². The van der Waals surface area contributed by atoms with Crippen molar-refractivity contribution >= 4 is 28.1 Å². The van der Waals surface area contributed by atoms with E-state index in [9.17, 15) is 14.9 Å². The van der Waals surface area contributed by atoms with Gasteiger partial charge in [0.25, 0.3) is 5.69 Å². The maximum Gasteiger partial charge on any atom is 0.278 e. The van der Waals surface area contributed by atoms with Crippen LogP contribution < -0.4 is 10.6 Å². The van der Waals surface area contributed by atoms with E-state index in [-0.39, 0.29) is 18.1 Å². The van der Waals surface area contributed by atoms with E-state index in [1.165, 1.54) is 12.3 Å². The topological polar surface area (TPSA) is 97.2 Å². The molecule has 0 radical (unpaired) electrons. The minimum atomic E-state index is -0.438. The first kappa shape index (κ1) is 14.7. The third-order valence-electron chi connectivity index (χ3n) is 3.02. The molecule has 2 rings (SSSR count). The molecule has 0 aliphatic carbocycles. The summed E-state index contributed by atoms with van der Waals surface area (Å²) in [6, 6.07) is 4.79. The Morgan fingerprint density at radius 2 is 2.14 bits per heavy atom. The fourth-order valence-corrected chi connectivity index (χ4v) is 2.08. The van der Waals surface area contributed by atoms with E-state index in [0.717, 1.165) is 5.69 Å². The summed E-state index contributed by atoms with van der Waals surface area (Å²) in [5.41, 5.74) is 1.43. The number of fused-ring (bicyclic) bond motifs is 1. The van der Waals surface area contributed by atoms with Crippen molar-refractivity contribution in [1.29, 1.82) is 0 Å². The number of nitrogens with zero attached hydrogens (tertiary/aromatic N) is 2. The summed E-state index contributed by atoms with van der Waals surface area (Å²) in [5.74, 6) is -0.130. The predicted molar refractivity (Wildman–Crippen MR) is 80.3 cm³/mol. The van der Waals surface area contributed by atoms with E-state index in [4.69, 9.17) is 0 Å². The second kappa shape index (κ2) is 6.17. The van der Waals surface area contributed by atoms with Gasteiger partial charge in [0.2, 0.25) is 5.91 Å². The van der Waals surface area contributed by atoms with Gasteiger partial charge in [0.05, 0.1) is 16.9 Å². The highest BCUT2D eigenvalue weighted by atomic mass is 16.6. The average molecular weight is 288 g/mol. The molecule has 0 aliphatic heterocycles. The highest BCUT2D eigenvalue weighted by Gasteiger charge is 2.15. The van der Waals surface area contributed by atoms with Gasteiger partial charge in [-0.1, -0.05) is 0 Å². The summed E-state index contributed by atoms with van der Waals surface area (Å²) in [7, 11) is 0. The van der Waals surface area contributed by atoms with Gasteiger partial charge in [-0.2, -0.15) is 0 Å². The molecule has 1 aromatic carbocycles. The lowest BCUT2D eigenvalue weighted by atomic mass is 10.1. The predicted octanol–water partition coefficient (Wildman–Crippen LogP) is 2.00. The molecule has 1 heterocycles. The number of non-ortho nitro benzene ring substituents is 1. The summed E-state index contributed by atoms with van der Waals surface area (Å²) in [6.45, 7) is 4.33. The Hall–Kier alpha value is -2.70. The third-order valence-corrected chi connectivity index (χ3v) is 3.02. The number of nitro benzene ring substituents is 1. The first-order valence-corrected chi connectivity index (χ1v) is 6.57. The highest BCUT2D eigenvalue weighted by Crippen LogP contribution is 2.31.